The average molecular weight is 326 g/mol. The quantitative estimate of drug-likeness (QED) is 0.720. The van der Waals surface area contributed by atoms with Gasteiger partial charge in [-0.15, -0.1) is 0 Å². The van der Waals surface area contributed by atoms with Crippen LogP contribution in [-0.2, 0) is 11.3 Å². The van der Waals surface area contributed by atoms with E-state index in [1.807, 2.05) is 30.3 Å². The van der Waals surface area contributed by atoms with Crippen LogP contribution in [0.2, 0.25) is 0 Å². The molecule has 0 radical (unpaired) electrons. The van der Waals surface area contributed by atoms with E-state index < -0.39 is 5.97 Å². The number of ether oxygens (including phenoxy) is 2. The number of aromatic nitrogens is 2. The van der Waals surface area contributed by atoms with Gasteiger partial charge in [-0.3, -0.25) is 0 Å². The first-order valence-electron chi connectivity index (χ1n) is 7.10. The number of para-hydroxylation sites is 1. The Balaban J connectivity index is 1.68. The molecule has 0 aliphatic carbocycles. The van der Waals surface area contributed by atoms with Gasteiger partial charge in [0.2, 0.25) is 5.82 Å². The summed E-state index contributed by atoms with van der Waals surface area (Å²) in [6.45, 7) is -0.199. The van der Waals surface area contributed by atoms with E-state index in [0.29, 0.717) is 5.82 Å². The summed E-state index contributed by atoms with van der Waals surface area (Å²) in [5.41, 5.74) is 0.793. The Labute approximate surface area is 137 Å². The van der Waals surface area contributed by atoms with Crippen molar-refractivity contribution in [3.8, 4) is 22.9 Å². The van der Waals surface area contributed by atoms with E-state index in [1.54, 1.807) is 6.07 Å². The van der Waals surface area contributed by atoms with E-state index >= 15 is 0 Å². The highest BCUT2D eigenvalue weighted by Crippen LogP contribution is 2.29. The van der Waals surface area contributed by atoms with E-state index in [0.717, 1.165) is 5.56 Å². The highest BCUT2D eigenvalue weighted by atomic mass is 16.6. The molecule has 0 saturated carbocycles. The van der Waals surface area contributed by atoms with Crippen LogP contribution >= 0.6 is 0 Å². The number of carbonyl (C=O) groups excluding carboxylic acids is 1. The van der Waals surface area contributed by atoms with Crippen LogP contribution in [0.25, 0.3) is 11.4 Å². The zero-order valence-electron chi connectivity index (χ0n) is 12.8. The predicted octanol–water partition coefficient (Wildman–Crippen LogP) is 2.81. The number of rotatable bonds is 5. The number of esters is 1. The Morgan fingerprint density at radius 3 is 2.71 bits per heavy atom. The van der Waals surface area contributed by atoms with Crippen LogP contribution in [0.4, 0.5) is 0 Å². The Bertz CT molecular complexity index is 845. The molecule has 24 heavy (non-hydrogen) atoms. The third-order valence-corrected chi connectivity index (χ3v) is 3.27. The predicted molar refractivity (Wildman–Crippen MR) is 83.5 cm³/mol. The van der Waals surface area contributed by atoms with Gasteiger partial charge < -0.3 is 19.1 Å². The second-order valence-electron chi connectivity index (χ2n) is 4.81. The van der Waals surface area contributed by atoms with Gasteiger partial charge in [-0.05, 0) is 12.1 Å². The molecule has 3 rings (SSSR count). The van der Waals surface area contributed by atoms with E-state index in [2.05, 4.69) is 10.1 Å². The van der Waals surface area contributed by atoms with E-state index in [4.69, 9.17) is 14.0 Å². The number of aromatic hydroxyl groups is 1. The van der Waals surface area contributed by atoms with Crippen LogP contribution in [0, 0.1) is 0 Å². The van der Waals surface area contributed by atoms with Gasteiger partial charge in [-0.1, -0.05) is 41.6 Å². The smallest absolute Gasteiger partial charge is 0.342 e. The van der Waals surface area contributed by atoms with Crippen LogP contribution in [0.5, 0.6) is 11.5 Å². The lowest BCUT2D eigenvalue weighted by atomic mass is 10.2. The molecule has 3 aromatic rings. The molecule has 0 unspecified atom stereocenters. The molecule has 0 spiro atoms. The van der Waals surface area contributed by atoms with Crippen molar-refractivity contribution in [2.45, 2.75) is 6.61 Å². The number of carbonyl (C=O) groups is 1. The first-order chi connectivity index (χ1) is 11.7. The lowest BCUT2D eigenvalue weighted by Gasteiger charge is -2.07. The average Bonchev–Trinajstić information content (AvgIpc) is 3.10. The van der Waals surface area contributed by atoms with Crippen LogP contribution in [0.15, 0.2) is 53.1 Å². The molecule has 0 atom stereocenters. The van der Waals surface area contributed by atoms with Gasteiger partial charge in [-0.25, -0.2) is 4.79 Å². The maximum atomic E-state index is 12.1. The summed E-state index contributed by atoms with van der Waals surface area (Å²) in [6.07, 6.45) is 0. The van der Waals surface area contributed by atoms with Gasteiger partial charge in [0, 0.05) is 5.56 Å². The van der Waals surface area contributed by atoms with Crippen molar-refractivity contribution in [3.05, 3.63) is 60.0 Å². The summed E-state index contributed by atoms with van der Waals surface area (Å²) in [7, 11) is 1.40. The van der Waals surface area contributed by atoms with Crippen molar-refractivity contribution in [2.75, 3.05) is 7.11 Å². The number of methoxy groups -OCH3 is 1. The monoisotopic (exact) mass is 326 g/mol. The fraction of sp³-hybridized carbons (Fsp3) is 0.118. The lowest BCUT2D eigenvalue weighted by Crippen LogP contribution is -2.06. The normalized spacial score (nSPS) is 10.4. The second kappa shape index (κ2) is 6.82. The highest BCUT2D eigenvalue weighted by Gasteiger charge is 2.17. The number of hydrogen-bond donors (Lipinski definition) is 1. The summed E-state index contributed by atoms with van der Waals surface area (Å²) < 4.78 is 15.1. The van der Waals surface area contributed by atoms with Gasteiger partial charge >= 0.3 is 5.97 Å². The van der Waals surface area contributed by atoms with Crippen LogP contribution < -0.4 is 4.74 Å². The zero-order chi connectivity index (χ0) is 16.9. The van der Waals surface area contributed by atoms with Crippen molar-refractivity contribution in [2.24, 2.45) is 0 Å². The minimum atomic E-state index is -0.717. The molecule has 7 heteroatoms. The van der Waals surface area contributed by atoms with Crippen molar-refractivity contribution in [1.29, 1.82) is 0 Å². The minimum absolute atomic E-state index is 0.00264. The maximum Gasteiger partial charge on any atom is 0.342 e. The van der Waals surface area contributed by atoms with Crippen LogP contribution in [0.3, 0.4) is 0 Å². The number of benzene rings is 2. The SMILES string of the molecule is COc1cccc(C(=O)OCc2nc(-c3ccccc3)no2)c1O. The van der Waals surface area contributed by atoms with Gasteiger partial charge in [0.25, 0.3) is 5.89 Å². The third-order valence-electron chi connectivity index (χ3n) is 3.27. The fourth-order valence-corrected chi connectivity index (χ4v) is 2.07. The standard InChI is InChI=1S/C17H14N2O5/c1-22-13-9-5-8-12(15(13)20)17(21)23-10-14-18-16(19-24-14)11-6-3-2-4-7-11/h2-9,20H,10H2,1H3. The molecule has 1 aromatic heterocycles. The van der Waals surface area contributed by atoms with Crippen molar-refractivity contribution >= 4 is 5.97 Å². The molecule has 0 aliphatic rings. The number of phenolic OH excluding ortho intramolecular Hbond substituents is 1. The summed E-state index contributed by atoms with van der Waals surface area (Å²) in [6, 6.07) is 13.8. The van der Waals surface area contributed by atoms with E-state index in [1.165, 1.54) is 19.2 Å². The first kappa shape index (κ1) is 15.5. The molecule has 0 aliphatic heterocycles. The Hall–Kier alpha value is -3.35. The summed E-state index contributed by atoms with van der Waals surface area (Å²) in [5, 5.41) is 13.8. The number of hydrogen-bond acceptors (Lipinski definition) is 7. The Morgan fingerprint density at radius 2 is 1.96 bits per heavy atom. The van der Waals surface area contributed by atoms with Crippen LogP contribution in [-0.4, -0.2) is 28.3 Å². The minimum Gasteiger partial charge on any atom is -0.504 e. The molecule has 122 valence electrons. The molecule has 0 fully saturated rings. The van der Waals surface area contributed by atoms with Gasteiger partial charge in [0.15, 0.2) is 18.1 Å². The summed E-state index contributed by atoms with van der Waals surface area (Å²) in [4.78, 5) is 16.2. The summed E-state index contributed by atoms with van der Waals surface area (Å²) >= 11 is 0. The number of nitrogens with zero attached hydrogens (tertiary/aromatic N) is 2. The molecule has 7 nitrogen and oxygen atoms in total. The Kier molecular flexibility index (Phi) is 4.42. The number of phenols is 1. The highest BCUT2D eigenvalue weighted by molar-refractivity contribution is 5.93. The van der Waals surface area contributed by atoms with E-state index in [-0.39, 0.29) is 29.6 Å². The molecular formula is C17H14N2O5. The van der Waals surface area contributed by atoms with Crippen molar-refractivity contribution in [1.82, 2.24) is 10.1 Å². The van der Waals surface area contributed by atoms with E-state index in [9.17, 15) is 9.90 Å². The first-order valence-corrected chi connectivity index (χ1v) is 7.10. The fourth-order valence-electron chi connectivity index (χ4n) is 2.07. The second-order valence-corrected chi connectivity index (χ2v) is 4.81. The lowest BCUT2D eigenvalue weighted by molar-refractivity contribution is 0.0426. The molecule has 0 amide bonds. The largest absolute Gasteiger partial charge is 0.504 e. The maximum absolute atomic E-state index is 12.1. The summed E-state index contributed by atoms with van der Waals surface area (Å²) in [5.74, 6) is -0.240. The molecule has 0 saturated heterocycles. The Morgan fingerprint density at radius 1 is 1.17 bits per heavy atom. The van der Waals surface area contributed by atoms with Gasteiger partial charge in [-0.2, -0.15) is 4.98 Å². The van der Waals surface area contributed by atoms with Crippen molar-refractivity contribution < 1.29 is 23.9 Å². The molecule has 0 bridgehead atoms. The van der Waals surface area contributed by atoms with Gasteiger partial charge in [0.1, 0.15) is 5.56 Å². The topological polar surface area (TPSA) is 94.7 Å². The molecule has 2 aromatic carbocycles. The van der Waals surface area contributed by atoms with Crippen molar-refractivity contribution in [3.63, 3.8) is 0 Å². The zero-order valence-corrected chi connectivity index (χ0v) is 12.8. The molecule has 1 N–H and O–H groups in total. The van der Waals surface area contributed by atoms with Crippen LogP contribution in [0.1, 0.15) is 16.2 Å². The molecule has 1 heterocycles. The van der Waals surface area contributed by atoms with Gasteiger partial charge in [0.05, 0.1) is 7.11 Å². The third kappa shape index (κ3) is 3.19. The molecular weight excluding hydrogens is 312 g/mol.